The van der Waals surface area contributed by atoms with Crippen LogP contribution in [0.4, 0.5) is 0 Å². The molecule has 0 heterocycles. The molecule has 1 saturated carbocycles. The molecule has 2 atom stereocenters. The maximum absolute atomic E-state index is 10.1. The lowest BCUT2D eigenvalue weighted by Crippen LogP contribution is -2.44. The molecule has 0 aromatic heterocycles. The van der Waals surface area contributed by atoms with Crippen LogP contribution in [0.2, 0.25) is 0 Å². The first-order valence-electron chi connectivity index (χ1n) is 7.95. The van der Waals surface area contributed by atoms with E-state index in [9.17, 15) is 5.11 Å². The number of aliphatic hydroxyl groups is 1. The lowest BCUT2D eigenvalue weighted by Gasteiger charge is -2.35. The first kappa shape index (κ1) is 16.1. The molecule has 1 aliphatic carbocycles. The van der Waals surface area contributed by atoms with E-state index in [4.69, 9.17) is 9.47 Å². The molecule has 1 fully saturated rings. The van der Waals surface area contributed by atoms with Crippen LogP contribution in [0.25, 0.3) is 0 Å². The van der Waals surface area contributed by atoms with Gasteiger partial charge < -0.3 is 14.6 Å². The number of ether oxygens (including phenoxy) is 2. The van der Waals surface area contributed by atoms with Gasteiger partial charge in [-0.2, -0.15) is 0 Å². The fourth-order valence-corrected chi connectivity index (χ4v) is 2.92. The van der Waals surface area contributed by atoms with Gasteiger partial charge in [0.25, 0.3) is 0 Å². The first-order chi connectivity index (χ1) is 10.2. The van der Waals surface area contributed by atoms with Crippen LogP contribution >= 0.6 is 0 Å². The number of nitrogens with zero attached hydrogens (tertiary/aromatic N) is 1. The van der Waals surface area contributed by atoms with Gasteiger partial charge in [0.2, 0.25) is 0 Å². The summed E-state index contributed by atoms with van der Waals surface area (Å²) in [6, 6.07) is 8.02. The number of aliphatic hydroxyl groups excluding tert-OH is 1. The average Bonchev–Trinajstić information content (AvgIpc) is 2.49. The summed E-state index contributed by atoms with van der Waals surface area (Å²) in [7, 11) is 2.07. The fraction of sp³-hybridized carbons (Fsp3) is 0.647. The quantitative estimate of drug-likeness (QED) is 0.839. The molecule has 21 heavy (non-hydrogen) atoms. The van der Waals surface area contributed by atoms with Crippen LogP contribution in [0.3, 0.4) is 0 Å². The van der Waals surface area contributed by atoms with E-state index in [2.05, 4.69) is 11.9 Å². The van der Waals surface area contributed by atoms with E-state index in [-0.39, 0.29) is 12.1 Å². The maximum atomic E-state index is 10.1. The van der Waals surface area contributed by atoms with Crippen molar-refractivity contribution < 1.29 is 14.6 Å². The summed E-state index contributed by atoms with van der Waals surface area (Å²) in [4.78, 5) is 2.22. The third-order valence-electron chi connectivity index (χ3n) is 4.11. The first-order valence-corrected chi connectivity index (χ1v) is 7.95. The Kier molecular flexibility index (Phi) is 6.33. The van der Waals surface area contributed by atoms with E-state index in [1.54, 1.807) is 0 Å². The predicted molar refractivity (Wildman–Crippen MR) is 84.0 cm³/mol. The van der Waals surface area contributed by atoms with Crippen LogP contribution in [-0.4, -0.2) is 49.0 Å². The zero-order valence-corrected chi connectivity index (χ0v) is 13.1. The lowest BCUT2D eigenvalue weighted by molar-refractivity contribution is 0.0271. The van der Waals surface area contributed by atoms with Crippen molar-refractivity contribution in [2.45, 2.75) is 44.8 Å². The van der Waals surface area contributed by atoms with Gasteiger partial charge in [0, 0.05) is 12.6 Å². The number of benzene rings is 1. The minimum atomic E-state index is -0.195. The minimum absolute atomic E-state index is 0.195. The van der Waals surface area contributed by atoms with Gasteiger partial charge in [-0.05, 0) is 38.9 Å². The highest BCUT2D eigenvalue weighted by atomic mass is 16.5. The normalized spacial score (nSPS) is 22.3. The van der Waals surface area contributed by atoms with E-state index in [1.807, 2.05) is 31.2 Å². The summed E-state index contributed by atoms with van der Waals surface area (Å²) >= 11 is 0. The van der Waals surface area contributed by atoms with Crippen LogP contribution in [0.15, 0.2) is 24.3 Å². The number of para-hydroxylation sites is 2. The third kappa shape index (κ3) is 4.61. The van der Waals surface area contributed by atoms with Gasteiger partial charge in [-0.25, -0.2) is 0 Å². The van der Waals surface area contributed by atoms with E-state index in [0.717, 1.165) is 37.3 Å². The molecular weight excluding hydrogens is 266 g/mol. The largest absolute Gasteiger partial charge is 0.490 e. The standard InChI is InChI=1S/C17H27NO3/c1-3-20-16-10-6-7-11-17(16)21-13-12-18(2)14-8-4-5-9-15(14)19/h6-7,10-11,14-15,19H,3-5,8-9,12-13H2,1-2H3. The minimum Gasteiger partial charge on any atom is -0.490 e. The smallest absolute Gasteiger partial charge is 0.161 e. The van der Waals surface area contributed by atoms with Crippen molar-refractivity contribution in [1.82, 2.24) is 4.90 Å². The van der Waals surface area contributed by atoms with Gasteiger partial charge in [0.05, 0.1) is 12.7 Å². The molecule has 0 saturated heterocycles. The van der Waals surface area contributed by atoms with Crippen LogP contribution in [-0.2, 0) is 0 Å². The molecule has 1 aromatic rings. The second-order valence-electron chi connectivity index (χ2n) is 5.63. The highest BCUT2D eigenvalue weighted by Crippen LogP contribution is 2.26. The SMILES string of the molecule is CCOc1ccccc1OCCN(C)C1CCCCC1O. The Morgan fingerprint density at radius 1 is 1.14 bits per heavy atom. The lowest BCUT2D eigenvalue weighted by atomic mass is 9.92. The van der Waals surface area contributed by atoms with Gasteiger partial charge >= 0.3 is 0 Å². The van der Waals surface area contributed by atoms with E-state index < -0.39 is 0 Å². The molecule has 2 unspecified atom stereocenters. The van der Waals surface area contributed by atoms with Crippen molar-refractivity contribution in [2.24, 2.45) is 0 Å². The van der Waals surface area contributed by atoms with E-state index >= 15 is 0 Å². The van der Waals surface area contributed by atoms with Crippen LogP contribution in [0.5, 0.6) is 11.5 Å². The highest BCUT2D eigenvalue weighted by molar-refractivity contribution is 5.39. The summed E-state index contributed by atoms with van der Waals surface area (Å²) in [6.07, 6.45) is 4.15. The Balaban J connectivity index is 1.81. The molecule has 1 aromatic carbocycles. The molecule has 0 spiro atoms. The van der Waals surface area contributed by atoms with Crippen molar-refractivity contribution in [1.29, 1.82) is 0 Å². The Bertz CT molecular complexity index is 424. The molecule has 1 aliphatic rings. The van der Waals surface area contributed by atoms with Crippen molar-refractivity contribution >= 4 is 0 Å². The highest BCUT2D eigenvalue weighted by Gasteiger charge is 2.26. The van der Waals surface area contributed by atoms with Gasteiger partial charge in [-0.1, -0.05) is 25.0 Å². The van der Waals surface area contributed by atoms with Gasteiger partial charge in [-0.15, -0.1) is 0 Å². The predicted octanol–water partition coefficient (Wildman–Crippen LogP) is 2.70. The number of hydrogen-bond donors (Lipinski definition) is 1. The van der Waals surface area contributed by atoms with Crippen LogP contribution in [0, 0.1) is 0 Å². The second kappa shape index (κ2) is 8.25. The van der Waals surface area contributed by atoms with Crippen molar-refractivity contribution in [3.8, 4) is 11.5 Å². The summed E-state index contributed by atoms with van der Waals surface area (Å²) in [5.41, 5.74) is 0. The molecular formula is C17H27NO3. The molecule has 4 heteroatoms. The third-order valence-corrected chi connectivity index (χ3v) is 4.11. The topological polar surface area (TPSA) is 41.9 Å². The summed E-state index contributed by atoms with van der Waals surface area (Å²) < 4.78 is 11.4. The van der Waals surface area contributed by atoms with E-state index in [1.165, 1.54) is 6.42 Å². The van der Waals surface area contributed by atoms with Crippen molar-refractivity contribution in [3.63, 3.8) is 0 Å². The molecule has 2 rings (SSSR count). The molecule has 0 amide bonds. The zero-order chi connectivity index (χ0) is 15.1. The Hall–Kier alpha value is -1.26. The van der Waals surface area contributed by atoms with E-state index in [0.29, 0.717) is 13.2 Å². The maximum Gasteiger partial charge on any atom is 0.161 e. The summed E-state index contributed by atoms with van der Waals surface area (Å²) in [5.74, 6) is 1.58. The average molecular weight is 293 g/mol. The van der Waals surface area contributed by atoms with Crippen molar-refractivity contribution in [2.75, 3.05) is 26.8 Å². The number of hydrogen-bond acceptors (Lipinski definition) is 4. The summed E-state index contributed by atoms with van der Waals surface area (Å²) in [6.45, 7) is 4.01. The number of rotatable bonds is 7. The molecule has 1 N–H and O–H groups in total. The number of likely N-dealkylation sites (N-methyl/N-ethyl adjacent to an activating group) is 1. The molecule has 0 bridgehead atoms. The summed E-state index contributed by atoms with van der Waals surface area (Å²) in [5, 5.41) is 10.1. The Labute approximate surface area is 127 Å². The van der Waals surface area contributed by atoms with Crippen molar-refractivity contribution in [3.05, 3.63) is 24.3 Å². The second-order valence-corrected chi connectivity index (χ2v) is 5.63. The van der Waals surface area contributed by atoms with Crippen LogP contribution in [0.1, 0.15) is 32.6 Å². The fourth-order valence-electron chi connectivity index (χ4n) is 2.92. The van der Waals surface area contributed by atoms with Gasteiger partial charge in [0.15, 0.2) is 11.5 Å². The molecule has 0 aliphatic heterocycles. The van der Waals surface area contributed by atoms with Gasteiger partial charge in [-0.3, -0.25) is 4.90 Å². The van der Waals surface area contributed by atoms with Crippen LogP contribution < -0.4 is 9.47 Å². The monoisotopic (exact) mass is 293 g/mol. The Morgan fingerprint density at radius 2 is 1.81 bits per heavy atom. The van der Waals surface area contributed by atoms with Gasteiger partial charge in [0.1, 0.15) is 6.61 Å². The molecule has 4 nitrogen and oxygen atoms in total. The zero-order valence-electron chi connectivity index (χ0n) is 13.1. The molecule has 118 valence electrons. The molecule has 0 radical (unpaired) electrons. The Morgan fingerprint density at radius 3 is 2.48 bits per heavy atom.